The molecular weight excluding hydrogens is 310 g/mol. The summed E-state index contributed by atoms with van der Waals surface area (Å²) in [5, 5.41) is 8.93. The number of ether oxygens (including phenoxy) is 1. The number of carbonyl (C=O) groups is 3. The van der Waals surface area contributed by atoms with E-state index in [0.29, 0.717) is 6.42 Å². The van der Waals surface area contributed by atoms with Crippen molar-refractivity contribution in [3.8, 4) is 0 Å². The third-order valence-electron chi connectivity index (χ3n) is 3.41. The molecule has 1 rings (SSSR count). The Labute approximate surface area is 142 Å². The van der Waals surface area contributed by atoms with Gasteiger partial charge in [-0.3, -0.25) is 19.3 Å². The highest BCUT2D eigenvalue weighted by Gasteiger charge is 2.18. The Morgan fingerprint density at radius 3 is 2.38 bits per heavy atom. The highest BCUT2D eigenvalue weighted by Crippen LogP contribution is 2.03. The van der Waals surface area contributed by atoms with Gasteiger partial charge in [0.15, 0.2) is 0 Å². The van der Waals surface area contributed by atoms with Crippen molar-refractivity contribution >= 4 is 17.7 Å². The first-order chi connectivity index (χ1) is 11.5. The number of hydrogen-bond donors (Lipinski definition) is 1. The van der Waals surface area contributed by atoms with Crippen LogP contribution in [0.1, 0.15) is 38.2 Å². The third-order valence-corrected chi connectivity index (χ3v) is 3.41. The van der Waals surface area contributed by atoms with Gasteiger partial charge in [0.1, 0.15) is 12.4 Å². The quantitative estimate of drug-likeness (QED) is 0.466. The van der Waals surface area contributed by atoms with Gasteiger partial charge in [-0.05, 0) is 12.0 Å². The topological polar surface area (TPSA) is 83.9 Å². The lowest BCUT2D eigenvalue weighted by Crippen LogP contribution is -2.38. The van der Waals surface area contributed by atoms with E-state index >= 15 is 0 Å². The standard InChI is InChI=1S/C18H25NO5/c1-2-3-5-10-16(20)11-19(12-17(21)22)13-18(23)24-14-15-8-6-4-7-9-15/h4,6-9H,2-3,5,10-14H2,1H3,(H,21,22). The molecule has 6 nitrogen and oxygen atoms in total. The van der Waals surface area contributed by atoms with Gasteiger partial charge in [-0.2, -0.15) is 0 Å². The maximum Gasteiger partial charge on any atom is 0.320 e. The Hall–Kier alpha value is -2.21. The lowest BCUT2D eigenvalue weighted by molar-refractivity contribution is -0.147. The molecule has 0 aliphatic rings. The summed E-state index contributed by atoms with van der Waals surface area (Å²) in [5.74, 6) is -1.67. The van der Waals surface area contributed by atoms with Crippen molar-refractivity contribution in [2.24, 2.45) is 0 Å². The summed E-state index contributed by atoms with van der Waals surface area (Å²) in [6.45, 7) is 1.56. The molecule has 24 heavy (non-hydrogen) atoms. The van der Waals surface area contributed by atoms with Crippen LogP contribution in [0.3, 0.4) is 0 Å². The molecule has 0 bridgehead atoms. The van der Waals surface area contributed by atoms with Gasteiger partial charge < -0.3 is 9.84 Å². The van der Waals surface area contributed by atoms with E-state index in [1.807, 2.05) is 37.3 Å². The number of nitrogens with zero attached hydrogens (tertiary/aromatic N) is 1. The Kier molecular flexibility index (Phi) is 9.38. The fraction of sp³-hybridized carbons (Fsp3) is 0.500. The molecule has 0 unspecified atom stereocenters. The van der Waals surface area contributed by atoms with Crippen molar-refractivity contribution in [3.63, 3.8) is 0 Å². The SMILES string of the molecule is CCCCCC(=O)CN(CC(=O)O)CC(=O)OCc1ccccc1. The minimum Gasteiger partial charge on any atom is -0.480 e. The summed E-state index contributed by atoms with van der Waals surface area (Å²) in [5.41, 5.74) is 0.853. The molecule has 0 aliphatic carbocycles. The predicted molar refractivity (Wildman–Crippen MR) is 89.5 cm³/mol. The number of esters is 1. The largest absolute Gasteiger partial charge is 0.480 e. The number of ketones is 1. The van der Waals surface area contributed by atoms with E-state index in [0.717, 1.165) is 24.8 Å². The van der Waals surface area contributed by atoms with E-state index in [9.17, 15) is 14.4 Å². The molecule has 0 saturated heterocycles. The average Bonchev–Trinajstić information content (AvgIpc) is 2.53. The van der Waals surface area contributed by atoms with Crippen molar-refractivity contribution in [2.75, 3.05) is 19.6 Å². The monoisotopic (exact) mass is 335 g/mol. The van der Waals surface area contributed by atoms with Crippen molar-refractivity contribution in [1.29, 1.82) is 0 Å². The molecule has 0 heterocycles. The van der Waals surface area contributed by atoms with Crippen LogP contribution in [0.4, 0.5) is 0 Å². The van der Waals surface area contributed by atoms with Crippen molar-refractivity contribution in [1.82, 2.24) is 4.90 Å². The predicted octanol–water partition coefficient (Wildman–Crippen LogP) is 2.27. The number of carboxylic acids is 1. The lowest BCUT2D eigenvalue weighted by atomic mass is 10.1. The summed E-state index contributed by atoms with van der Waals surface area (Å²) < 4.78 is 5.14. The van der Waals surface area contributed by atoms with Gasteiger partial charge in [-0.25, -0.2) is 0 Å². The molecule has 0 aliphatic heterocycles. The summed E-state index contributed by atoms with van der Waals surface area (Å²) in [4.78, 5) is 36.0. The van der Waals surface area contributed by atoms with Gasteiger partial charge in [0.2, 0.25) is 0 Å². The molecule has 0 amide bonds. The zero-order valence-corrected chi connectivity index (χ0v) is 14.1. The van der Waals surface area contributed by atoms with E-state index in [4.69, 9.17) is 9.84 Å². The Morgan fingerprint density at radius 2 is 1.75 bits per heavy atom. The van der Waals surface area contributed by atoms with Crippen LogP contribution >= 0.6 is 0 Å². The second kappa shape index (κ2) is 11.3. The van der Waals surface area contributed by atoms with E-state index < -0.39 is 11.9 Å². The molecule has 0 radical (unpaired) electrons. The first-order valence-corrected chi connectivity index (χ1v) is 8.16. The van der Waals surface area contributed by atoms with E-state index in [-0.39, 0.29) is 32.0 Å². The molecular formula is C18H25NO5. The Balaban J connectivity index is 2.44. The van der Waals surface area contributed by atoms with Gasteiger partial charge in [0.05, 0.1) is 19.6 Å². The van der Waals surface area contributed by atoms with Crippen molar-refractivity contribution in [2.45, 2.75) is 39.2 Å². The summed E-state index contributed by atoms with van der Waals surface area (Å²) in [6, 6.07) is 9.22. The van der Waals surface area contributed by atoms with Crippen LogP contribution < -0.4 is 0 Å². The summed E-state index contributed by atoms with van der Waals surface area (Å²) >= 11 is 0. The van der Waals surface area contributed by atoms with Crippen LogP contribution in [0.2, 0.25) is 0 Å². The Bertz CT molecular complexity index is 529. The number of rotatable bonds is 12. The molecule has 0 saturated carbocycles. The van der Waals surface area contributed by atoms with Gasteiger partial charge in [-0.1, -0.05) is 50.1 Å². The fourth-order valence-electron chi connectivity index (χ4n) is 2.23. The van der Waals surface area contributed by atoms with E-state index in [1.165, 1.54) is 4.90 Å². The van der Waals surface area contributed by atoms with Gasteiger partial charge in [-0.15, -0.1) is 0 Å². The number of hydrogen-bond acceptors (Lipinski definition) is 5. The van der Waals surface area contributed by atoms with Gasteiger partial charge in [0, 0.05) is 6.42 Å². The van der Waals surface area contributed by atoms with Crippen molar-refractivity contribution < 1.29 is 24.2 Å². The molecule has 0 atom stereocenters. The Morgan fingerprint density at radius 1 is 1.04 bits per heavy atom. The van der Waals surface area contributed by atoms with Gasteiger partial charge in [0.25, 0.3) is 0 Å². The highest BCUT2D eigenvalue weighted by atomic mass is 16.5. The molecule has 1 aromatic rings. The minimum atomic E-state index is -1.08. The number of carbonyl (C=O) groups excluding carboxylic acids is 2. The molecule has 1 aromatic carbocycles. The number of unbranched alkanes of at least 4 members (excludes halogenated alkanes) is 2. The first kappa shape index (κ1) is 19.8. The molecule has 132 valence electrons. The number of carboxylic acid groups (broad SMARTS) is 1. The summed E-state index contributed by atoms with van der Waals surface area (Å²) in [7, 11) is 0. The van der Waals surface area contributed by atoms with Crippen LogP contribution in [0, 0.1) is 0 Å². The maximum atomic E-state index is 11.9. The van der Waals surface area contributed by atoms with Crippen LogP contribution in [0.5, 0.6) is 0 Å². The van der Waals surface area contributed by atoms with Crippen LogP contribution in [0.15, 0.2) is 30.3 Å². The second-order valence-corrected chi connectivity index (χ2v) is 5.68. The second-order valence-electron chi connectivity index (χ2n) is 5.68. The number of benzene rings is 1. The zero-order valence-electron chi connectivity index (χ0n) is 14.1. The lowest BCUT2D eigenvalue weighted by Gasteiger charge is -2.18. The van der Waals surface area contributed by atoms with Gasteiger partial charge >= 0.3 is 11.9 Å². The van der Waals surface area contributed by atoms with Crippen LogP contribution in [0.25, 0.3) is 0 Å². The molecule has 0 spiro atoms. The van der Waals surface area contributed by atoms with Crippen LogP contribution in [-0.2, 0) is 25.7 Å². The van der Waals surface area contributed by atoms with E-state index in [1.54, 1.807) is 0 Å². The normalized spacial score (nSPS) is 10.6. The average molecular weight is 335 g/mol. The van der Waals surface area contributed by atoms with Crippen LogP contribution in [-0.4, -0.2) is 47.4 Å². The first-order valence-electron chi connectivity index (χ1n) is 8.16. The fourth-order valence-corrected chi connectivity index (χ4v) is 2.23. The molecule has 0 aromatic heterocycles. The minimum absolute atomic E-state index is 0.0452. The highest BCUT2D eigenvalue weighted by molar-refractivity contribution is 5.82. The molecule has 0 fully saturated rings. The summed E-state index contributed by atoms with van der Waals surface area (Å²) in [6.07, 6.45) is 3.17. The molecule has 1 N–H and O–H groups in total. The number of Topliss-reactive ketones (excluding diaryl/α,β-unsaturated/α-hetero) is 1. The smallest absolute Gasteiger partial charge is 0.320 e. The van der Waals surface area contributed by atoms with E-state index in [2.05, 4.69) is 0 Å². The third kappa shape index (κ3) is 9.05. The number of aliphatic carboxylic acids is 1. The maximum absolute atomic E-state index is 11.9. The van der Waals surface area contributed by atoms with Crippen molar-refractivity contribution in [3.05, 3.63) is 35.9 Å². The zero-order chi connectivity index (χ0) is 17.8. The molecule has 6 heteroatoms.